The molecule has 1 N–H and O–H groups in total. The Bertz CT molecular complexity index is 539. The first-order chi connectivity index (χ1) is 9.22. The maximum atomic E-state index is 13.6. The molecule has 0 spiro atoms. The van der Waals surface area contributed by atoms with Gasteiger partial charge < -0.3 is 10.1 Å². The second-order valence-corrected chi connectivity index (χ2v) is 4.39. The summed E-state index contributed by atoms with van der Waals surface area (Å²) in [5.74, 6) is 0.436. The molecule has 2 rings (SSSR count). The number of anilines is 1. The fraction of sp³-hybridized carbons (Fsp3) is 0.200. The highest BCUT2D eigenvalue weighted by atomic mass is 35.5. The van der Waals surface area contributed by atoms with Gasteiger partial charge in [0.25, 0.3) is 0 Å². The van der Waals surface area contributed by atoms with E-state index in [1.165, 1.54) is 6.07 Å². The summed E-state index contributed by atoms with van der Waals surface area (Å²) in [4.78, 5) is 0. The van der Waals surface area contributed by atoms with E-state index in [2.05, 4.69) is 5.32 Å². The zero-order valence-electron chi connectivity index (χ0n) is 10.6. The maximum Gasteiger partial charge on any atom is 0.142 e. The first kappa shape index (κ1) is 13.7. The molecule has 0 bridgehead atoms. The van der Waals surface area contributed by atoms with Crippen LogP contribution < -0.4 is 10.1 Å². The molecule has 0 amide bonds. The number of hydrogen-bond donors (Lipinski definition) is 1. The van der Waals surface area contributed by atoms with Gasteiger partial charge in [-0.1, -0.05) is 29.8 Å². The van der Waals surface area contributed by atoms with Crippen molar-refractivity contribution in [3.63, 3.8) is 0 Å². The highest BCUT2D eigenvalue weighted by Crippen LogP contribution is 2.26. The lowest BCUT2D eigenvalue weighted by molar-refractivity contribution is 0.341. The predicted molar refractivity (Wildman–Crippen MR) is 76.3 cm³/mol. The molecule has 0 fully saturated rings. The van der Waals surface area contributed by atoms with Crippen molar-refractivity contribution in [2.75, 3.05) is 11.9 Å². The number of rotatable bonds is 5. The first-order valence-electron chi connectivity index (χ1n) is 6.11. The van der Waals surface area contributed by atoms with Crippen molar-refractivity contribution in [3.8, 4) is 5.75 Å². The maximum absolute atomic E-state index is 13.6. The van der Waals surface area contributed by atoms with Crippen LogP contribution in [-0.4, -0.2) is 6.61 Å². The summed E-state index contributed by atoms with van der Waals surface area (Å²) in [6, 6.07) is 12.2. The first-order valence-corrected chi connectivity index (χ1v) is 6.48. The van der Waals surface area contributed by atoms with Crippen LogP contribution in [0.25, 0.3) is 0 Å². The van der Waals surface area contributed by atoms with Gasteiger partial charge >= 0.3 is 0 Å². The zero-order chi connectivity index (χ0) is 13.7. The van der Waals surface area contributed by atoms with Crippen LogP contribution in [0.5, 0.6) is 5.75 Å². The van der Waals surface area contributed by atoms with Crippen molar-refractivity contribution in [1.82, 2.24) is 0 Å². The van der Waals surface area contributed by atoms with Crippen LogP contribution in [0, 0.1) is 5.82 Å². The molecule has 0 unspecified atom stereocenters. The van der Waals surface area contributed by atoms with Crippen LogP contribution in [-0.2, 0) is 6.54 Å². The lowest BCUT2D eigenvalue weighted by Crippen LogP contribution is -2.04. The topological polar surface area (TPSA) is 21.3 Å². The fourth-order valence-corrected chi connectivity index (χ4v) is 2.01. The van der Waals surface area contributed by atoms with Crippen molar-refractivity contribution in [2.45, 2.75) is 13.5 Å². The summed E-state index contributed by atoms with van der Waals surface area (Å²) in [6.07, 6.45) is 0. The Labute approximate surface area is 117 Å². The Kier molecular flexibility index (Phi) is 4.63. The van der Waals surface area contributed by atoms with Gasteiger partial charge in [-0.25, -0.2) is 4.39 Å². The smallest absolute Gasteiger partial charge is 0.142 e. The third-order valence-electron chi connectivity index (χ3n) is 2.70. The molecular formula is C15H15ClFNO. The molecule has 0 aliphatic carbocycles. The van der Waals surface area contributed by atoms with Crippen LogP contribution >= 0.6 is 11.6 Å². The van der Waals surface area contributed by atoms with Crippen molar-refractivity contribution >= 4 is 17.3 Å². The molecular weight excluding hydrogens is 265 g/mol. The monoisotopic (exact) mass is 279 g/mol. The van der Waals surface area contributed by atoms with E-state index in [-0.39, 0.29) is 5.82 Å². The third kappa shape index (κ3) is 3.38. The fourth-order valence-electron chi connectivity index (χ4n) is 1.78. The van der Waals surface area contributed by atoms with E-state index in [1.807, 2.05) is 31.2 Å². The number of para-hydroxylation sites is 2. The SMILES string of the molecule is CCOc1ccccc1NCc1c(F)cccc1Cl. The second-order valence-electron chi connectivity index (χ2n) is 3.98. The Morgan fingerprint density at radius 2 is 1.95 bits per heavy atom. The minimum Gasteiger partial charge on any atom is -0.492 e. The van der Waals surface area contributed by atoms with Gasteiger partial charge in [-0.05, 0) is 31.2 Å². The summed E-state index contributed by atoms with van der Waals surface area (Å²) >= 11 is 5.99. The van der Waals surface area contributed by atoms with Crippen molar-refractivity contribution in [3.05, 3.63) is 58.9 Å². The Morgan fingerprint density at radius 1 is 1.16 bits per heavy atom. The predicted octanol–water partition coefficient (Wildman–Crippen LogP) is 4.49. The number of nitrogens with one attached hydrogen (secondary N) is 1. The molecule has 0 atom stereocenters. The Morgan fingerprint density at radius 3 is 2.68 bits per heavy atom. The van der Waals surface area contributed by atoms with E-state index in [4.69, 9.17) is 16.3 Å². The molecule has 2 aromatic rings. The number of halogens is 2. The van der Waals surface area contributed by atoms with E-state index in [0.29, 0.717) is 23.7 Å². The third-order valence-corrected chi connectivity index (χ3v) is 3.06. The van der Waals surface area contributed by atoms with E-state index in [1.54, 1.807) is 12.1 Å². The number of hydrogen-bond acceptors (Lipinski definition) is 2. The minimum absolute atomic E-state index is 0.311. The van der Waals surface area contributed by atoms with Gasteiger partial charge in [-0.15, -0.1) is 0 Å². The van der Waals surface area contributed by atoms with Gasteiger partial charge in [-0.3, -0.25) is 0 Å². The molecule has 2 aromatic carbocycles. The van der Waals surface area contributed by atoms with E-state index < -0.39 is 0 Å². The molecule has 2 nitrogen and oxygen atoms in total. The Balaban J connectivity index is 2.15. The lowest BCUT2D eigenvalue weighted by Gasteiger charge is -2.13. The summed E-state index contributed by atoms with van der Waals surface area (Å²) in [5, 5.41) is 3.56. The summed E-state index contributed by atoms with van der Waals surface area (Å²) in [6.45, 7) is 2.82. The van der Waals surface area contributed by atoms with Crippen LogP contribution in [0.1, 0.15) is 12.5 Å². The number of benzene rings is 2. The molecule has 100 valence electrons. The van der Waals surface area contributed by atoms with Gasteiger partial charge in [0, 0.05) is 17.1 Å². The van der Waals surface area contributed by atoms with Gasteiger partial charge in [-0.2, -0.15) is 0 Å². The normalized spacial score (nSPS) is 10.3. The molecule has 0 aliphatic heterocycles. The lowest BCUT2D eigenvalue weighted by atomic mass is 10.2. The van der Waals surface area contributed by atoms with E-state index in [0.717, 1.165) is 11.4 Å². The molecule has 0 radical (unpaired) electrons. The van der Waals surface area contributed by atoms with Crippen molar-refractivity contribution in [2.24, 2.45) is 0 Å². The molecule has 0 aliphatic rings. The molecule has 19 heavy (non-hydrogen) atoms. The molecule has 0 aromatic heterocycles. The van der Waals surface area contributed by atoms with Gasteiger partial charge in [0.2, 0.25) is 0 Å². The molecule has 0 saturated carbocycles. The molecule has 0 heterocycles. The van der Waals surface area contributed by atoms with Crippen LogP contribution in [0.2, 0.25) is 5.02 Å². The van der Waals surface area contributed by atoms with Crippen LogP contribution in [0.15, 0.2) is 42.5 Å². The van der Waals surface area contributed by atoms with E-state index >= 15 is 0 Å². The van der Waals surface area contributed by atoms with E-state index in [9.17, 15) is 4.39 Å². The number of ether oxygens (including phenoxy) is 1. The summed E-state index contributed by atoms with van der Waals surface area (Å²) < 4.78 is 19.1. The quantitative estimate of drug-likeness (QED) is 0.871. The molecule has 0 saturated heterocycles. The average molecular weight is 280 g/mol. The highest BCUT2D eigenvalue weighted by Gasteiger charge is 2.08. The minimum atomic E-state index is -0.311. The van der Waals surface area contributed by atoms with Crippen LogP contribution in [0.4, 0.5) is 10.1 Å². The van der Waals surface area contributed by atoms with Gasteiger partial charge in [0.05, 0.1) is 12.3 Å². The highest BCUT2D eigenvalue weighted by molar-refractivity contribution is 6.31. The van der Waals surface area contributed by atoms with Gasteiger partial charge in [0.15, 0.2) is 0 Å². The van der Waals surface area contributed by atoms with Gasteiger partial charge in [0.1, 0.15) is 11.6 Å². The van der Waals surface area contributed by atoms with Crippen LogP contribution in [0.3, 0.4) is 0 Å². The summed E-state index contributed by atoms with van der Waals surface area (Å²) in [7, 11) is 0. The molecule has 4 heteroatoms. The Hall–Kier alpha value is -1.74. The largest absolute Gasteiger partial charge is 0.492 e. The second kappa shape index (κ2) is 6.43. The summed E-state index contributed by atoms with van der Waals surface area (Å²) in [5.41, 5.74) is 1.28. The average Bonchev–Trinajstić information content (AvgIpc) is 2.40. The van der Waals surface area contributed by atoms with Crippen molar-refractivity contribution < 1.29 is 9.13 Å². The van der Waals surface area contributed by atoms with Crippen molar-refractivity contribution in [1.29, 1.82) is 0 Å². The zero-order valence-corrected chi connectivity index (χ0v) is 11.4. The standard InChI is InChI=1S/C15H15ClFNO/c1-2-19-15-9-4-3-8-14(15)18-10-11-12(16)6-5-7-13(11)17/h3-9,18H,2,10H2,1H3.